The molecule has 0 atom stereocenters. The lowest BCUT2D eigenvalue weighted by atomic mass is 10.1. The molecule has 3 rings (SSSR count). The Labute approximate surface area is 109 Å². The van der Waals surface area contributed by atoms with Crippen LogP contribution in [0.1, 0.15) is 15.9 Å². The van der Waals surface area contributed by atoms with Crippen LogP contribution in [0.4, 0.5) is 5.69 Å². The van der Waals surface area contributed by atoms with E-state index in [1.807, 2.05) is 31.2 Å². The van der Waals surface area contributed by atoms with Crippen molar-refractivity contribution in [3.05, 3.63) is 53.6 Å². The molecular weight excluding hydrogens is 242 g/mol. The van der Waals surface area contributed by atoms with Gasteiger partial charge in [0.2, 0.25) is 0 Å². The molecule has 1 N–H and O–H groups in total. The average Bonchev–Trinajstić information content (AvgIpc) is 2.88. The number of rotatable bonds is 2. The minimum atomic E-state index is -0.186. The van der Waals surface area contributed by atoms with Crippen molar-refractivity contribution in [2.75, 3.05) is 5.32 Å². The molecule has 5 nitrogen and oxygen atoms in total. The van der Waals surface area contributed by atoms with Gasteiger partial charge in [-0.15, -0.1) is 0 Å². The first-order valence-electron chi connectivity index (χ1n) is 5.83. The molecule has 0 aliphatic rings. The van der Waals surface area contributed by atoms with E-state index in [1.54, 1.807) is 18.2 Å². The van der Waals surface area contributed by atoms with Crippen molar-refractivity contribution in [2.45, 2.75) is 6.92 Å². The van der Waals surface area contributed by atoms with Gasteiger partial charge in [-0.2, -0.15) is 0 Å². The molecule has 0 aliphatic heterocycles. The van der Waals surface area contributed by atoms with Crippen molar-refractivity contribution in [1.82, 2.24) is 10.3 Å². The highest BCUT2D eigenvalue weighted by Crippen LogP contribution is 2.14. The third kappa shape index (κ3) is 2.30. The zero-order valence-electron chi connectivity index (χ0n) is 10.3. The molecule has 2 aromatic carbocycles. The number of anilines is 1. The molecular formula is C14H11N3O2. The normalized spacial score (nSPS) is 10.6. The zero-order chi connectivity index (χ0) is 13.2. The summed E-state index contributed by atoms with van der Waals surface area (Å²) in [5.41, 5.74) is 3.62. The van der Waals surface area contributed by atoms with Gasteiger partial charge in [-0.3, -0.25) is 4.79 Å². The van der Waals surface area contributed by atoms with Crippen LogP contribution < -0.4 is 5.32 Å². The molecule has 0 spiro atoms. The van der Waals surface area contributed by atoms with Gasteiger partial charge in [0.25, 0.3) is 5.91 Å². The highest BCUT2D eigenvalue weighted by atomic mass is 16.6. The van der Waals surface area contributed by atoms with Crippen LogP contribution in [0.5, 0.6) is 0 Å². The molecule has 1 amide bonds. The second-order valence-corrected chi connectivity index (χ2v) is 4.29. The fourth-order valence-corrected chi connectivity index (χ4v) is 1.76. The molecule has 19 heavy (non-hydrogen) atoms. The average molecular weight is 253 g/mol. The number of benzene rings is 2. The van der Waals surface area contributed by atoms with Gasteiger partial charge in [0.1, 0.15) is 11.0 Å². The molecule has 1 aromatic heterocycles. The van der Waals surface area contributed by atoms with Crippen LogP contribution in [-0.4, -0.2) is 16.2 Å². The Bertz CT molecular complexity index is 732. The van der Waals surface area contributed by atoms with E-state index in [4.69, 9.17) is 0 Å². The molecule has 0 bridgehead atoms. The van der Waals surface area contributed by atoms with E-state index in [2.05, 4.69) is 20.3 Å². The van der Waals surface area contributed by atoms with Crippen LogP contribution in [0, 0.1) is 6.92 Å². The number of amides is 1. The standard InChI is InChI=1S/C14H11N3O2/c1-9-2-5-11(6-3-9)15-14(18)10-4-7-12-13(8-10)17-19-16-12/h2-8H,1H3,(H,15,18). The summed E-state index contributed by atoms with van der Waals surface area (Å²) in [6.07, 6.45) is 0. The number of carbonyl (C=O) groups is 1. The number of aryl methyl sites for hydroxylation is 1. The van der Waals surface area contributed by atoms with Gasteiger partial charge in [0.05, 0.1) is 0 Å². The summed E-state index contributed by atoms with van der Waals surface area (Å²) in [6.45, 7) is 2.00. The Morgan fingerprint density at radius 2 is 1.79 bits per heavy atom. The van der Waals surface area contributed by atoms with Crippen LogP contribution in [-0.2, 0) is 0 Å². The first-order chi connectivity index (χ1) is 9.22. The largest absolute Gasteiger partial charge is 0.322 e. The fourth-order valence-electron chi connectivity index (χ4n) is 1.76. The molecule has 0 aliphatic carbocycles. The quantitative estimate of drug-likeness (QED) is 0.762. The van der Waals surface area contributed by atoms with Crippen molar-refractivity contribution < 1.29 is 9.42 Å². The molecule has 94 valence electrons. The Morgan fingerprint density at radius 3 is 2.58 bits per heavy atom. The zero-order valence-corrected chi connectivity index (χ0v) is 10.3. The SMILES string of the molecule is Cc1ccc(NC(=O)c2ccc3nonc3c2)cc1. The van der Waals surface area contributed by atoms with Crippen LogP contribution in [0.3, 0.4) is 0 Å². The third-order valence-corrected chi connectivity index (χ3v) is 2.83. The monoisotopic (exact) mass is 253 g/mol. The van der Waals surface area contributed by atoms with Gasteiger partial charge in [-0.05, 0) is 47.6 Å². The Morgan fingerprint density at radius 1 is 1.05 bits per heavy atom. The summed E-state index contributed by atoms with van der Waals surface area (Å²) in [4.78, 5) is 12.1. The van der Waals surface area contributed by atoms with E-state index in [-0.39, 0.29) is 5.91 Å². The van der Waals surface area contributed by atoms with Crippen molar-refractivity contribution >= 4 is 22.6 Å². The minimum Gasteiger partial charge on any atom is -0.322 e. The maximum atomic E-state index is 12.1. The maximum Gasteiger partial charge on any atom is 0.255 e. The third-order valence-electron chi connectivity index (χ3n) is 2.83. The summed E-state index contributed by atoms with van der Waals surface area (Å²) in [7, 11) is 0. The number of nitrogens with one attached hydrogen (secondary N) is 1. The lowest BCUT2D eigenvalue weighted by Crippen LogP contribution is -2.11. The molecule has 0 radical (unpaired) electrons. The van der Waals surface area contributed by atoms with Gasteiger partial charge in [-0.1, -0.05) is 17.7 Å². The lowest BCUT2D eigenvalue weighted by molar-refractivity contribution is 0.102. The predicted molar refractivity (Wildman–Crippen MR) is 70.9 cm³/mol. The highest BCUT2D eigenvalue weighted by molar-refractivity contribution is 6.05. The first kappa shape index (κ1) is 11.4. The molecule has 0 fully saturated rings. The van der Waals surface area contributed by atoms with Crippen molar-refractivity contribution in [2.24, 2.45) is 0 Å². The minimum absolute atomic E-state index is 0.186. The maximum absolute atomic E-state index is 12.1. The number of hydrogen-bond donors (Lipinski definition) is 1. The van der Waals surface area contributed by atoms with Crippen LogP contribution >= 0.6 is 0 Å². The first-order valence-corrected chi connectivity index (χ1v) is 5.83. The molecule has 0 unspecified atom stereocenters. The molecule has 5 heteroatoms. The van der Waals surface area contributed by atoms with Gasteiger partial charge >= 0.3 is 0 Å². The molecule has 0 saturated carbocycles. The van der Waals surface area contributed by atoms with Gasteiger partial charge < -0.3 is 5.32 Å². The van der Waals surface area contributed by atoms with E-state index in [0.29, 0.717) is 16.6 Å². The second kappa shape index (κ2) is 4.53. The Hall–Kier alpha value is -2.69. The number of hydrogen-bond acceptors (Lipinski definition) is 4. The predicted octanol–water partition coefficient (Wildman–Crippen LogP) is 2.78. The van der Waals surface area contributed by atoms with E-state index in [0.717, 1.165) is 11.3 Å². The lowest BCUT2D eigenvalue weighted by Gasteiger charge is -2.05. The van der Waals surface area contributed by atoms with Crippen LogP contribution in [0.2, 0.25) is 0 Å². The number of carbonyl (C=O) groups excluding carboxylic acids is 1. The topological polar surface area (TPSA) is 68.0 Å². The smallest absolute Gasteiger partial charge is 0.255 e. The van der Waals surface area contributed by atoms with Gasteiger partial charge in [0, 0.05) is 11.3 Å². The molecule has 1 heterocycles. The van der Waals surface area contributed by atoms with E-state index in [1.165, 1.54) is 0 Å². The summed E-state index contributed by atoms with van der Waals surface area (Å²) in [5, 5.41) is 10.2. The van der Waals surface area contributed by atoms with Crippen LogP contribution in [0.25, 0.3) is 11.0 Å². The van der Waals surface area contributed by atoms with Crippen LogP contribution in [0.15, 0.2) is 47.1 Å². The summed E-state index contributed by atoms with van der Waals surface area (Å²) in [5.74, 6) is -0.186. The van der Waals surface area contributed by atoms with E-state index < -0.39 is 0 Å². The van der Waals surface area contributed by atoms with Crippen molar-refractivity contribution in [3.8, 4) is 0 Å². The Balaban J connectivity index is 1.84. The number of aromatic nitrogens is 2. The molecule has 3 aromatic rings. The van der Waals surface area contributed by atoms with E-state index in [9.17, 15) is 4.79 Å². The highest BCUT2D eigenvalue weighted by Gasteiger charge is 2.09. The summed E-state index contributed by atoms with van der Waals surface area (Å²) >= 11 is 0. The second-order valence-electron chi connectivity index (χ2n) is 4.29. The fraction of sp³-hybridized carbons (Fsp3) is 0.0714. The summed E-state index contributed by atoms with van der Waals surface area (Å²) < 4.78 is 4.60. The van der Waals surface area contributed by atoms with Crippen molar-refractivity contribution in [1.29, 1.82) is 0 Å². The van der Waals surface area contributed by atoms with Gasteiger partial charge in [-0.25, -0.2) is 4.63 Å². The number of fused-ring (bicyclic) bond motifs is 1. The molecule has 0 saturated heterocycles. The summed E-state index contributed by atoms with van der Waals surface area (Å²) in [6, 6.07) is 12.7. The number of nitrogens with zero attached hydrogens (tertiary/aromatic N) is 2. The van der Waals surface area contributed by atoms with Gasteiger partial charge in [0.15, 0.2) is 0 Å². The van der Waals surface area contributed by atoms with E-state index >= 15 is 0 Å². The van der Waals surface area contributed by atoms with Crippen molar-refractivity contribution in [3.63, 3.8) is 0 Å². The Kier molecular flexibility index (Phi) is 2.72.